The van der Waals surface area contributed by atoms with Crippen LogP contribution in [0.4, 0.5) is 10.1 Å². The van der Waals surface area contributed by atoms with Crippen molar-refractivity contribution in [3.63, 3.8) is 0 Å². The lowest BCUT2D eigenvalue weighted by atomic mass is 10.0. The molecule has 0 saturated carbocycles. The highest BCUT2D eigenvalue weighted by molar-refractivity contribution is 6.01. The van der Waals surface area contributed by atoms with Gasteiger partial charge in [0, 0.05) is 46.3 Å². The van der Waals surface area contributed by atoms with E-state index in [-0.39, 0.29) is 11.8 Å². The van der Waals surface area contributed by atoms with Gasteiger partial charge in [-0.25, -0.2) is 4.39 Å². The van der Waals surface area contributed by atoms with Gasteiger partial charge < -0.3 is 15.0 Å². The van der Waals surface area contributed by atoms with E-state index in [1.54, 1.807) is 37.1 Å². The molecule has 39 heavy (non-hydrogen) atoms. The molecule has 194 valence electrons. The molecule has 5 aromatic heterocycles. The fraction of sp³-hybridized carbons (Fsp3) is 0.138. The van der Waals surface area contributed by atoms with Crippen LogP contribution >= 0.6 is 0 Å². The number of rotatable bonds is 6. The van der Waals surface area contributed by atoms with Crippen molar-refractivity contribution < 1.29 is 13.9 Å². The van der Waals surface area contributed by atoms with E-state index in [0.29, 0.717) is 28.4 Å². The summed E-state index contributed by atoms with van der Waals surface area (Å²) < 4.78 is 19.5. The second-order valence-electron chi connectivity index (χ2n) is 9.50. The zero-order chi connectivity index (χ0) is 27.1. The van der Waals surface area contributed by atoms with Gasteiger partial charge in [0.15, 0.2) is 0 Å². The summed E-state index contributed by atoms with van der Waals surface area (Å²) in [7, 11) is 1.51. The monoisotopic (exact) mass is 521 g/mol. The molecule has 9 nitrogen and oxygen atoms in total. The number of hydrogen-bond acceptors (Lipinski definition) is 6. The lowest BCUT2D eigenvalue weighted by Gasteiger charge is -2.08. The first-order chi connectivity index (χ1) is 18.9. The van der Waals surface area contributed by atoms with Gasteiger partial charge in [-0.3, -0.25) is 24.8 Å². The lowest BCUT2D eigenvalue weighted by molar-refractivity contribution is -0.118. The molecule has 10 heteroatoms. The third-order valence-electron chi connectivity index (χ3n) is 6.49. The molecule has 0 radical (unpaired) electrons. The Morgan fingerprint density at radius 1 is 0.923 bits per heavy atom. The number of benzene rings is 1. The number of halogens is 1. The van der Waals surface area contributed by atoms with E-state index in [1.807, 2.05) is 32.0 Å². The van der Waals surface area contributed by atoms with Crippen LogP contribution in [0.3, 0.4) is 0 Å². The maximum Gasteiger partial charge on any atom is 0.226 e. The quantitative estimate of drug-likeness (QED) is 0.248. The molecular weight excluding hydrogens is 497 g/mol. The summed E-state index contributed by atoms with van der Waals surface area (Å²) >= 11 is 0. The Labute approximate surface area is 222 Å². The van der Waals surface area contributed by atoms with Crippen molar-refractivity contribution in [1.82, 2.24) is 30.1 Å². The van der Waals surface area contributed by atoms with E-state index < -0.39 is 5.82 Å². The predicted octanol–water partition coefficient (Wildman–Crippen LogP) is 5.97. The van der Waals surface area contributed by atoms with E-state index in [1.165, 1.54) is 19.2 Å². The maximum atomic E-state index is 14.3. The largest absolute Gasteiger partial charge is 0.497 e. The molecule has 0 atom stereocenters. The molecule has 1 amide bonds. The zero-order valence-corrected chi connectivity index (χ0v) is 21.4. The zero-order valence-electron chi connectivity index (χ0n) is 21.4. The Kier molecular flexibility index (Phi) is 5.99. The Balaban J connectivity index is 1.41. The Morgan fingerprint density at radius 3 is 2.59 bits per heavy atom. The van der Waals surface area contributed by atoms with Gasteiger partial charge in [0.25, 0.3) is 0 Å². The number of nitrogens with one attached hydrogen (secondary N) is 3. The normalized spacial score (nSPS) is 11.4. The first-order valence-corrected chi connectivity index (χ1v) is 12.3. The number of amides is 1. The molecule has 0 aliphatic carbocycles. The van der Waals surface area contributed by atoms with Crippen LogP contribution < -0.4 is 10.1 Å². The number of aromatic amines is 2. The third kappa shape index (κ3) is 4.56. The van der Waals surface area contributed by atoms with Crippen LogP contribution in [-0.2, 0) is 4.79 Å². The fourth-order valence-electron chi connectivity index (χ4n) is 4.46. The second-order valence-corrected chi connectivity index (χ2v) is 9.50. The molecule has 0 bridgehead atoms. The number of ether oxygens (including phenoxy) is 1. The third-order valence-corrected chi connectivity index (χ3v) is 6.49. The van der Waals surface area contributed by atoms with E-state index in [2.05, 4.69) is 35.5 Å². The molecule has 0 saturated heterocycles. The summed E-state index contributed by atoms with van der Waals surface area (Å²) in [5.41, 5.74) is 6.48. The minimum atomic E-state index is -0.391. The number of anilines is 1. The summed E-state index contributed by atoms with van der Waals surface area (Å²) in [6.07, 6.45) is 8.46. The standard InChI is InChI=1S/C29H24FN7O2/c1-15(2)29(38)34-19-5-17(10-31-11-19)24-9-22-27(14-33-24)36-37-28(22)25-8-21-23(12-32-13-26(21)35-25)16-4-18(30)7-20(6-16)39-3/h4-15,35H,1-3H3,(H,34,38)(H,36,37). The molecule has 5 heterocycles. The van der Waals surface area contributed by atoms with Crippen LogP contribution in [0, 0.1) is 11.7 Å². The van der Waals surface area contributed by atoms with Crippen molar-refractivity contribution >= 4 is 33.4 Å². The van der Waals surface area contributed by atoms with Gasteiger partial charge in [0.1, 0.15) is 17.3 Å². The number of hydrogen-bond donors (Lipinski definition) is 3. The van der Waals surface area contributed by atoms with Crippen molar-refractivity contribution in [2.24, 2.45) is 5.92 Å². The Bertz CT molecular complexity index is 1860. The molecular formula is C29H24FN7O2. The molecule has 0 aliphatic heterocycles. The number of pyridine rings is 3. The molecule has 0 aliphatic rings. The highest BCUT2D eigenvalue weighted by Gasteiger charge is 2.16. The highest BCUT2D eigenvalue weighted by Crippen LogP contribution is 2.35. The maximum absolute atomic E-state index is 14.3. The van der Waals surface area contributed by atoms with Gasteiger partial charge in [-0.15, -0.1) is 0 Å². The van der Waals surface area contributed by atoms with Crippen LogP contribution in [0.5, 0.6) is 5.75 Å². The van der Waals surface area contributed by atoms with Crippen LogP contribution in [0.25, 0.3) is 55.6 Å². The van der Waals surface area contributed by atoms with Crippen molar-refractivity contribution in [3.05, 3.63) is 73.2 Å². The minimum Gasteiger partial charge on any atom is -0.497 e. The van der Waals surface area contributed by atoms with Gasteiger partial charge in [-0.1, -0.05) is 13.8 Å². The number of carbonyl (C=O) groups excluding carboxylic acids is 1. The van der Waals surface area contributed by atoms with Crippen molar-refractivity contribution in [1.29, 1.82) is 0 Å². The fourth-order valence-corrected chi connectivity index (χ4v) is 4.46. The Hall–Kier alpha value is -5.12. The molecule has 6 rings (SSSR count). The summed E-state index contributed by atoms with van der Waals surface area (Å²) in [6.45, 7) is 3.67. The lowest BCUT2D eigenvalue weighted by Crippen LogP contribution is -2.17. The topological polar surface area (TPSA) is 121 Å². The average Bonchev–Trinajstić information content (AvgIpc) is 3.56. The number of methoxy groups -OCH3 is 1. The molecule has 0 spiro atoms. The summed E-state index contributed by atoms with van der Waals surface area (Å²) in [5.74, 6) is -0.193. The van der Waals surface area contributed by atoms with Gasteiger partial charge in [0.05, 0.1) is 53.8 Å². The second kappa shape index (κ2) is 9.64. The van der Waals surface area contributed by atoms with Gasteiger partial charge >= 0.3 is 0 Å². The van der Waals surface area contributed by atoms with Crippen LogP contribution in [-0.4, -0.2) is 43.2 Å². The van der Waals surface area contributed by atoms with E-state index in [0.717, 1.165) is 38.6 Å². The minimum absolute atomic E-state index is 0.0844. The molecule has 0 unspecified atom stereocenters. The summed E-state index contributed by atoms with van der Waals surface area (Å²) in [4.78, 5) is 28.7. The average molecular weight is 522 g/mol. The number of fused-ring (bicyclic) bond motifs is 2. The van der Waals surface area contributed by atoms with Gasteiger partial charge in [-0.2, -0.15) is 5.10 Å². The van der Waals surface area contributed by atoms with Crippen molar-refractivity contribution in [2.45, 2.75) is 13.8 Å². The number of H-pyrrole nitrogens is 2. The number of aromatic nitrogens is 6. The van der Waals surface area contributed by atoms with E-state index in [4.69, 9.17) is 4.74 Å². The van der Waals surface area contributed by atoms with E-state index >= 15 is 0 Å². The van der Waals surface area contributed by atoms with Gasteiger partial charge in [-0.05, 0) is 35.9 Å². The van der Waals surface area contributed by atoms with E-state index in [9.17, 15) is 9.18 Å². The Morgan fingerprint density at radius 2 is 1.77 bits per heavy atom. The van der Waals surface area contributed by atoms with Crippen LogP contribution in [0.2, 0.25) is 0 Å². The molecule has 1 aromatic carbocycles. The highest BCUT2D eigenvalue weighted by atomic mass is 19.1. The summed E-state index contributed by atoms with van der Waals surface area (Å²) in [6, 6.07) is 10.3. The smallest absolute Gasteiger partial charge is 0.226 e. The first-order valence-electron chi connectivity index (χ1n) is 12.3. The SMILES string of the molecule is COc1cc(F)cc(-c2cncc3[nH]c(-c4n[nH]c5cnc(-c6cncc(NC(=O)C(C)C)c6)cc45)cc23)c1. The van der Waals surface area contributed by atoms with Gasteiger partial charge in [0.2, 0.25) is 5.91 Å². The molecule has 3 N–H and O–H groups in total. The summed E-state index contributed by atoms with van der Waals surface area (Å²) in [5, 5.41) is 12.2. The predicted molar refractivity (Wildman–Crippen MR) is 148 cm³/mol. The first kappa shape index (κ1) is 24.2. The molecule has 6 aromatic rings. The number of carbonyl (C=O) groups is 1. The van der Waals surface area contributed by atoms with Crippen molar-refractivity contribution in [3.8, 4) is 39.5 Å². The van der Waals surface area contributed by atoms with Crippen molar-refractivity contribution in [2.75, 3.05) is 12.4 Å². The van der Waals surface area contributed by atoms with Crippen LogP contribution in [0.15, 0.2) is 67.4 Å². The van der Waals surface area contributed by atoms with Crippen LogP contribution in [0.1, 0.15) is 13.8 Å². The number of nitrogens with zero attached hydrogens (tertiary/aromatic N) is 4. The molecule has 0 fully saturated rings.